The highest BCUT2D eigenvalue weighted by Crippen LogP contribution is 2.28. The van der Waals surface area contributed by atoms with Crippen LogP contribution in [0.2, 0.25) is 0 Å². The fourth-order valence-corrected chi connectivity index (χ4v) is 2.83. The first-order chi connectivity index (χ1) is 8.58. The maximum atomic E-state index is 11.9. The van der Waals surface area contributed by atoms with Gasteiger partial charge in [-0.1, -0.05) is 6.92 Å². The number of benzene rings is 1. The Labute approximate surface area is 107 Å². The fraction of sp³-hybridized carbons (Fsp3) is 0.231. The van der Waals surface area contributed by atoms with Crippen molar-refractivity contribution in [1.82, 2.24) is 4.98 Å². The maximum Gasteiger partial charge on any atom is 0.180 e. The lowest BCUT2D eigenvalue weighted by molar-refractivity contribution is 0.415. The van der Waals surface area contributed by atoms with E-state index in [4.69, 9.17) is 4.74 Å². The maximum absolute atomic E-state index is 11.9. The molecule has 96 valence electrons. The number of rotatable bonds is 4. The van der Waals surface area contributed by atoms with Gasteiger partial charge < -0.3 is 9.72 Å². The van der Waals surface area contributed by atoms with Crippen molar-refractivity contribution in [2.24, 2.45) is 0 Å². The second-order valence-electron chi connectivity index (χ2n) is 3.85. The zero-order valence-corrected chi connectivity index (χ0v) is 11.1. The zero-order chi connectivity index (χ0) is 13.2. The third-order valence-electron chi connectivity index (χ3n) is 2.80. The Balaban J connectivity index is 2.49. The molecule has 2 rings (SSSR count). The lowest BCUT2D eigenvalue weighted by Gasteiger charge is -2.05. The Morgan fingerprint density at radius 3 is 2.39 bits per heavy atom. The molecule has 1 N–H and O–H groups in total. The lowest BCUT2D eigenvalue weighted by Crippen LogP contribution is -2.03. The number of hydrogen-bond donors (Lipinski definition) is 1. The predicted molar refractivity (Wildman–Crippen MR) is 70.5 cm³/mol. The third kappa shape index (κ3) is 2.26. The molecular formula is C13H15NO3S. The van der Waals surface area contributed by atoms with Gasteiger partial charge >= 0.3 is 0 Å². The summed E-state index contributed by atoms with van der Waals surface area (Å²) in [5.41, 5.74) is 1.45. The van der Waals surface area contributed by atoms with Crippen LogP contribution in [-0.4, -0.2) is 26.3 Å². The van der Waals surface area contributed by atoms with Crippen LogP contribution in [0.25, 0.3) is 11.3 Å². The Morgan fingerprint density at radius 1 is 1.17 bits per heavy atom. The van der Waals surface area contributed by atoms with E-state index in [2.05, 4.69) is 4.98 Å². The molecule has 0 saturated carbocycles. The van der Waals surface area contributed by atoms with Gasteiger partial charge in [0.05, 0.1) is 23.5 Å². The number of H-pyrrole nitrogens is 1. The quantitative estimate of drug-likeness (QED) is 0.924. The van der Waals surface area contributed by atoms with E-state index in [0.717, 1.165) is 11.3 Å². The van der Waals surface area contributed by atoms with Crippen molar-refractivity contribution in [2.75, 3.05) is 12.9 Å². The Bertz CT molecular complexity index is 627. The van der Waals surface area contributed by atoms with Crippen LogP contribution in [0.4, 0.5) is 0 Å². The summed E-state index contributed by atoms with van der Waals surface area (Å²) in [6, 6.07) is 8.87. The Morgan fingerprint density at radius 2 is 1.83 bits per heavy atom. The van der Waals surface area contributed by atoms with Crippen LogP contribution in [0.15, 0.2) is 41.4 Å². The predicted octanol–water partition coefficient (Wildman–Crippen LogP) is 2.48. The molecule has 0 atom stereocenters. The molecule has 18 heavy (non-hydrogen) atoms. The summed E-state index contributed by atoms with van der Waals surface area (Å²) < 4.78 is 28.9. The van der Waals surface area contributed by atoms with Crippen LogP contribution in [-0.2, 0) is 9.84 Å². The van der Waals surface area contributed by atoms with Gasteiger partial charge in [0.1, 0.15) is 5.75 Å². The molecule has 0 aliphatic heterocycles. The van der Waals surface area contributed by atoms with Crippen LogP contribution >= 0.6 is 0 Å². The van der Waals surface area contributed by atoms with Crippen LogP contribution in [0, 0.1) is 0 Å². The summed E-state index contributed by atoms with van der Waals surface area (Å²) in [6.45, 7) is 1.64. The number of hydrogen-bond acceptors (Lipinski definition) is 3. The van der Waals surface area contributed by atoms with E-state index >= 15 is 0 Å². The highest BCUT2D eigenvalue weighted by molar-refractivity contribution is 7.91. The van der Waals surface area contributed by atoms with Crippen LogP contribution in [0.3, 0.4) is 0 Å². The molecule has 0 aliphatic carbocycles. The molecule has 0 bridgehead atoms. The zero-order valence-electron chi connectivity index (χ0n) is 10.3. The molecule has 0 saturated heterocycles. The van der Waals surface area contributed by atoms with Crippen LogP contribution in [0.1, 0.15) is 6.92 Å². The lowest BCUT2D eigenvalue weighted by atomic mass is 10.1. The monoisotopic (exact) mass is 265 g/mol. The van der Waals surface area contributed by atoms with Crippen molar-refractivity contribution >= 4 is 9.84 Å². The largest absolute Gasteiger partial charge is 0.497 e. The molecule has 1 heterocycles. The van der Waals surface area contributed by atoms with Crippen molar-refractivity contribution in [2.45, 2.75) is 11.8 Å². The normalized spacial score (nSPS) is 11.4. The first-order valence-corrected chi connectivity index (χ1v) is 7.28. The van der Waals surface area contributed by atoms with E-state index in [0.29, 0.717) is 10.6 Å². The van der Waals surface area contributed by atoms with E-state index in [-0.39, 0.29) is 5.75 Å². The number of ether oxygens (including phenoxy) is 1. The molecule has 5 heteroatoms. The van der Waals surface area contributed by atoms with Crippen molar-refractivity contribution in [3.63, 3.8) is 0 Å². The van der Waals surface area contributed by atoms with Gasteiger partial charge in [0.25, 0.3) is 0 Å². The van der Waals surface area contributed by atoms with Crippen molar-refractivity contribution in [3.8, 4) is 17.0 Å². The minimum Gasteiger partial charge on any atom is -0.497 e. The summed E-state index contributed by atoms with van der Waals surface area (Å²) in [6.07, 6.45) is 1.64. The van der Waals surface area contributed by atoms with E-state index in [1.807, 2.05) is 12.1 Å². The van der Waals surface area contributed by atoms with Gasteiger partial charge in [0.2, 0.25) is 0 Å². The molecule has 1 aromatic heterocycles. The van der Waals surface area contributed by atoms with Gasteiger partial charge in [0, 0.05) is 6.20 Å². The SMILES string of the molecule is CCS(=O)(=O)c1cc[nH]c1-c1ccc(OC)cc1. The van der Waals surface area contributed by atoms with Gasteiger partial charge in [-0.2, -0.15) is 0 Å². The Hall–Kier alpha value is -1.75. The molecule has 4 nitrogen and oxygen atoms in total. The third-order valence-corrected chi connectivity index (χ3v) is 4.57. The van der Waals surface area contributed by atoms with Crippen molar-refractivity contribution in [3.05, 3.63) is 36.5 Å². The van der Waals surface area contributed by atoms with E-state index < -0.39 is 9.84 Å². The number of nitrogens with one attached hydrogen (secondary N) is 1. The topological polar surface area (TPSA) is 59.2 Å². The molecule has 0 aliphatic rings. The summed E-state index contributed by atoms with van der Waals surface area (Å²) in [5, 5.41) is 0. The summed E-state index contributed by atoms with van der Waals surface area (Å²) in [5.74, 6) is 0.832. The summed E-state index contributed by atoms with van der Waals surface area (Å²) >= 11 is 0. The number of sulfone groups is 1. The number of aromatic nitrogens is 1. The Kier molecular flexibility index (Phi) is 3.43. The molecule has 1 aromatic carbocycles. The summed E-state index contributed by atoms with van der Waals surface area (Å²) in [4.78, 5) is 3.32. The molecule has 0 fully saturated rings. The van der Waals surface area contributed by atoms with Gasteiger partial charge in [-0.05, 0) is 35.9 Å². The molecule has 0 unspecified atom stereocenters. The summed E-state index contributed by atoms with van der Waals surface area (Å²) in [7, 11) is -1.62. The molecule has 0 amide bonds. The second kappa shape index (κ2) is 4.86. The van der Waals surface area contributed by atoms with Gasteiger partial charge in [-0.25, -0.2) is 8.42 Å². The highest BCUT2D eigenvalue weighted by atomic mass is 32.2. The average Bonchev–Trinajstić information content (AvgIpc) is 2.89. The van der Waals surface area contributed by atoms with Crippen LogP contribution in [0.5, 0.6) is 5.75 Å². The van der Waals surface area contributed by atoms with Crippen LogP contribution < -0.4 is 4.74 Å². The van der Waals surface area contributed by atoms with Gasteiger partial charge in [0.15, 0.2) is 9.84 Å². The second-order valence-corrected chi connectivity index (χ2v) is 6.10. The standard InChI is InChI=1S/C13H15NO3S/c1-3-18(15,16)12-8-9-14-13(12)10-4-6-11(17-2)7-5-10/h4-9,14H,3H2,1-2H3. The van der Waals surface area contributed by atoms with Crippen molar-refractivity contribution in [1.29, 1.82) is 0 Å². The first kappa shape index (κ1) is 12.7. The number of aromatic amines is 1. The number of methoxy groups -OCH3 is 1. The molecule has 0 radical (unpaired) electrons. The fourth-order valence-electron chi connectivity index (χ4n) is 1.75. The minimum atomic E-state index is -3.21. The molecule has 0 spiro atoms. The molecule has 2 aromatic rings. The van der Waals surface area contributed by atoms with Gasteiger partial charge in [-0.15, -0.1) is 0 Å². The van der Waals surface area contributed by atoms with E-state index in [1.165, 1.54) is 0 Å². The minimum absolute atomic E-state index is 0.0913. The average molecular weight is 265 g/mol. The first-order valence-electron chi connectivity index (χ1n) is 5.63. The molecular weight excluding hydrogens is 250 g/mol. The highest BCUT2D eigenvalue weighted by Gasteiger charge is 2.18. The van der Waals surface area contributed by atoms with E-state index in [9.17, 15) is 8.42 Å². The van der Waals surface area contributed by atoms with Crippen molar-refractivity contribution < 1.29 is 13.2 Å². The van der Waals surface area contributed by atoms with E-state index in [1.54, 1.807) is 38.4 Å². The van der Waals surface area contributed by atoms with Gasteiger partial charge in [-0.3, -0.25) is 0 Å². The smallest absolute Gasteiger partial charge is 0.180 e.